The molecular weight excluding hydrogens is 290 g/mol. The standard InChI is InChI=1S/C15H21NO4S/c1-2-9-21-11-14(17)16-8-7-12-3-5-13(6-4-12)20-10-15(18)19/h3-6H,2,7-11H2,1H3,(H,16,17)(H,18,19). The van der Waals surface area contributed by atoms with Gasteiger partial charge in [-0.2, -0.15) is 11.8 Å². The van der Waals surface area contributed by atoms with E-state index < -0.39 is 5.97 Å². The van der Waals surface area contributed by atoms with Crippen molar-refractivity contribution in [3.8, 4) is 5.75 Å². The monoisotopic (exact) mass is 311 g/mol. The molecule has 0 spiro atoms. The molecule has 5 nitrogen and oxygen atoms in total. The van der Waals surface area contributed by atoms with E-state index >= 15 is 0 Å². The van der Waals surface area contributed by atoms with Crippen molar-refractivity contribution in [1.29, 1.82) is 0 Å². The molecule has 0 saturated carbocycles. The summed E-state index contributed by atoms with van der Waals surface area (Å²) < 4.78 is 5.05. The number of carboxylic acid groups (broad SMARTS) is 1. The fourth-order valence-electron chi connectivity index (χ4n) is 1.60. The summed E-state index contributed by atoms with van der Waals surface area (Å²) in [5, 5.41) is 11.4. The summed E-state index contributed by atoms with van der Waals surface area (Å²) in [6, 6.07) is 7.21. The molecule has 2 N–H and O–H groups in total. The van der Waals surface area contributed by atoms with Gasteiger partial charge >= 0.3 is 5.97 Å². The van der Waals surface area contributed by atoms with Gasteiger partial charge in [-0.1, -0.05) is 19.1 Å². The number of rotatable bonds is 10. The van der Waals surface area contributed by atoms with Crippen LogP contribution in [0, 0.1) is 0 Å². The van der Waals surface area contributed by atoms with Gasteiger partial charge in [0.25, 0.3) is 0 Å². The number of hydrogen-bond donors (Lipinski definition) is 2. The minimum absolute atomic E-state index is 0.0647. The molecule has 1 aromatic carbocycles. The van der Waals surface area contributed by atoms with Crippen molar-refractivity contribution in [3.05, 3.63) is 29.8 Å². The zero-order chi connectivity index (χ0) is 15.5. The van der Waals surface area contributed by atoms with Crippen LogP contribution in [0.1, 0.15) is 18.9 Å². The topological polar surface area (TPSA) is 75.6 Å². The van der Waals surface area contributed by atoms with E-state index in [4.69, 9.17) is 9.84 Å². The Hall–Kier alpha value is -1.69. The first-order chi connectivity index (χ1) is 10.1. The number of hydrogen-bond acceptors (Lipinski definition) is 4. The first-order valence-electron chi connectivity index (χ1n) is 6.89. The normalized spacial score (nSPS) is 10.1. The molecular formula is C15H21NO4S. The van der Waals surface area contributed by atoms with Crippen LogP contribution in [-0.4, -0.2) is 41.6 Å². The summed E-state index contributed by atoms with van der Waals surface area (Å²) in [7, 11) is 0. The highest BCUT2D eigenvalue weighted by Crippen LogP contribution is 2.12. The fourth-order valence-corrected chi connectivity index (χ4v) is 2.32. The smallest absolute Gasteiger partial charge is 0.341 e. The Morgan fingerprint density at radius 3 is 2.62 bits per heavy atom. The van der Waals surface area contributed by atoms with E-state index in [0.717, 1.165) is 24.2 Å². The quantitative estimate of drug-likeness (QED) is 0.646. The van der Waals surface area contributed by atoms with Crippen LogP contribution in [0.2, 0.25) is 0 Å². The maximum Gasteiger partial charge on any atom is 0.341 e. The van der Waals surface area contributed by atoms with E-state index in [9.17, 15) is 9.59 Å². The Balaban J connectivity index is 2.23. The molecule has 0 aliphatic rings. The van der Waals surface area contributed by atoms with Crippen LogP contribution in [0.15, 0.2) is 24.3 Å². The van der Waals surface area contributed by atoms with Crippen molar-refractivity contribution in [2.24, 2.45) is 0 Å². The highest BCUT2D eigenvalue weighted by atomic mass is 32.2. The second-order valence-electron chi connectivity index (χ2n) is 4.48. The van der Waals surface area contributed by atoms with E-state index in [-0.39, 0.29) is 12.5 Å². The molecule has 0 bridgehead atoms. The fraction of sp³-hybridized carbons (Fsp3) is 0.467. The third kappa shape index (κ3) is 8.24. The average molecular weight is 311 g/mol. The third-order valence-electron chi connectivity index (χ3n) is 2.60. The highest BCUT2D eigenvalue weighted by molar-refractivity contribution is 7.99. The molecule has 0 radical (unpaired) electrons. The molecule has 0 atom stereocenters. The second-order valence-corrected chi connectivity index (χ2v) is 5.58. The summed E-state index contributed by atoms with van der Waals surface area (Å²) in [6.45, 7) is 2.35. The summed E-state index contributed by atoms with van der Waals surface area (Å²) in [6.07, 6.45) is 1.82. The molecule has 0 aromatic heterocycles. The van der Waals surface area contributed by atoms with Crippen LogP contribution in [0.25, 0.3) is 0 Å². The van der Waals surface area contributed by atoms with Gasteiger partial charge in [-0.15, -0.1) is 0 Å². The van der Waals surface area contributed by atoms with Gasteiger partial charge < -0.3 is 15.2 Å². The van der Waals surface area contributed by atoms with Gasteiger partial charge in [0.15, 0.2) is 6.61 Å². The summed E-state index contributed by atoms with van der Waals surface area (Å²) >= 11 is 1.64. The lowest BCUT2D eigenvalue weighted by atomic mass is 10.1. The Morgan fingerprint density at radius 1 is 1.29 bits per heavy atom. The predicted molar refractivity (Wildman–Crippen MR) is 83.9 cm³/mol. The second kappa shape index (κ2) is 10.1. The average Bonchev–Trinajstić information content (AvgIpc) is 2.46. The molecule has 0 saturated heterocycles. The highest BCUT2D eigenvalue weighted by Gasteiger charge is 2.02. The molecule has 0 aliphatic heterocycles. The van der Waals surface area contributed by atoms with Crippen molar-refractivity contribution in [2.45, 2.75) is 19.8 Å². The van der Waals surface area contributed by atoms with Gasteiger partial charge in [-0.05, 0) is 36.3 Å². The van der Waals surface area contributed by atoms with Crippen molar-refractivity contribution in [3.63, 3.8) is 0 Å². The van der Waals surface area contributed by atoms with E-state index in [1.54, 1.807) is 23.9 Å². The number of ether oxygens (including phenoxy) is 1. The van der Waals surface area contributed by atoms with Crippen LogP contribution in [-0.2, 0) is 16.0 Å². The number of nitrogens with one attached hydrogen (secondary N) is 1. The molecule has 116 valence electrons. The number of benzene rings is 1. The molecule has 0 aliphatic carbocycles. The van der Waals surface area contributed by atoms with Crippen LogP contribution >= 0.6 is 11.8 Å². The molecule has 6 heteroatoms. The van der Waals surface area contributed by atoms with E-state index in [2.05, 4.69) is 12.2 Å². The largest absolute Gasteiger partial charge is 0.482 e. The zero-order valence-corrected chi connectivity index (χ0v) is 12.9. The maximum atomic E-state index is 11.5. The van der Waals surface area contributed by atoms with Gasteiger partial charge in [0.2, 0.25) is 5.91 Å². The Morgan fingerprint density at radius 2 is 2.00 bits per heavy atom. The minimum atomic E-state index is -0.997. The van der Waals surface area contributed by atoms with Crippen LogP contribution < -0.4 is 10.1 Å². The van der Waals surface area contributed by atoms with E-state index in [0.29, 0.717) is 18.0 Å². The number of aliphatic carboxylic acids is 1. The molecule has 1 amide bonds. The third-order valence-corrected chi connectivity index (χ3v) is 3.77. The summed E-state index contributed by atoms with van der Waals surface area (Å²) in [5.41, 5.74) is 1.07. The van der Waals surface area contributed by atoms with Gasteiger partial charge in [0, 0.05) is 6.54 Å². The zero-order valence-electron chi connectivity index (χ0n) is 12.1. The van der Waals surface area contributed by atoms with Crippen molar-refractivity contribution >= 4 is 23.6 Å². The van der Waals surface area contributed by atoms with E-state index in [1.165, 1.54) is 0 Å². The minimum Gasteiger partial charge on any atom is -0.482 e. The molecule has 1 aromatic rings. The lowest BCUT2D eigenvalue weighted by Crippen LogP contribution is -2.27. The van der Waals surface area contributed by atoms with Crippen LogP contribution in [0.5, 0.6) is 5.75 Å². The number of amides is 1. The molecule has 0 fully saturated rings. The van der Waals surface area contributed by atoms with Gasteiger partial charge in [-0.25, -0.2) is 4.79 Å². The predicted octanol–water partition coefficient (Wildman–Crippen LogP) is 1.95. The molecule has 0 heterocycles. The lowest BCUT2D eigenvalue weighted by molar-refractivity contribution is -0.139. The first kappa shape index (κ1) is 17.4. The van der Waals surface area contributed by atoms with Crippen LogP contribution in [0.4, 0.5) is 0 Å². The lowest BCUT2D eigenvalue weighted by Gasteiger charge is -2.07. The molecule has 1 rings (SSSR count). The Kier molecular flexibility index (Phi) is 8.35. The Bertz CT molecular complexity index is 447. The van der Waals surface area contributed by atoms with Gasteiger partial charge in [0.05, 0.1) is 5.75 Å². The number of thioether (sulfide) groups is 1. The van der Waals surface area contributed by atoms with Crippen LogP contribution in [0.3, 0.4) is 0 Å². The van der Waals surface area contributed by atoms with Gasteiger partial charge in [-0.3, -0.25) is 4.79 Å². The van der Waals surface area contributed by atoms with Crippen molar-refractivity contribution in [2.75, 3.05) is 24.7 Å². The number of carbonyl (C=O) groups excluding carboxylic acids is 1. The van der Waals surface area contributed by atoms with Crippen molar-refractivity contribution in [1.82, 2.24) is 5.32 Å². The number of carboxylic acids is 1. The summed E-state index contributed by atoms with van der Waals surface area (Å²) in [4.78, 5) is 21.9. The number of carbonyl (C=O) groups is 2. The van der Waals surface area contributed by atoms with Crippen molar-refractivity contribution < 1.29 is 19.4 Å². The summed E-state index contributed by atoms with van der Waals surface area (Å²) in [5.74, 6) is 1.11. The van der Waals surface area contributed by atoms with E-state index in [1.807, 2.05) is 12.1 Å². The Labute approximate surface area is 129 Å². The van der Waals surface area contributed by atoms with Gasteiger partial charge in [0.1, 0.15) is 5.75 Å². The molecule has 0 unspecified atom stereocenters. The maximum absolute atomic E-state index is 11.5. The molecule has 21 heavy (non-hydrogen) atoms. The SMILES string of the molecule is CCCSCC(=O)NCCc1ccc(OCC(=O)O)cc1. The first-order valence-corrected chi connectivity index (χ1v) is 8.05.